The minimum absolute atomic E-state index is 0.268. The van der Waals surface area contributed by atoms with E-state index in [2.05, 4.69) is 27.7 Å². The molecule has 0 saturated carbocycles. The molecule has 0 amide bonds. The quantitative estimate of drug-likeness (QED) is 0.350. The predicted octanol–water partition coefficient (Wildman–Crippen LogP) is 2.51. The Labute approximate surface area is 112 Å². The number of epoxide rings is 1. The molecule has 0 aromatic rings. The molecule has 0 bridgehead atoms. The van der Waals surface area contributed by atoms with Crippen LogP contribution in [0.3, 0.4) is 0 Å². The number of hydrogen-bond acceptors (Lipinski definition) is 4. The molecule has 0 aromatic heterocycles. The van der Waals surface area contributed by atoms with Gasteiger partial charge in [-0.25, -0.2) is 0 Å². The summed E-state index contributed by atoms with van der Waals surface area (Å²) in [5, 5.41) is 0. The standard InChI is InChI=1S/C6H11O2.2C3H7O.Ti/c1-2-3-7-4-6-5-8-6;2*1-3(2)4;/h6H,1-5H2;2*3H,1-2H3;/q;2*-1;+2. The Bertz CT molecular complexity index is 185. The van der Waals surface area contributed by atoms with E-state index < -0.39 is 18.6 Å². The van der Waals surface area contributed by atoms with E-state index >= 15 is 0 Å². The van der Waals surface area contributed by atoms with Crippen LogP contribution in [0.2, 0.25) is 4.73 Å². The van der Waals surface area contributed by atoms with Crippen LogP contribution in [0.4, 0.5) is 0 Å². The fourth-order valence-electron chi connectivity index (χ4n) is 1.37. The van der Waals surface area contributed by atoms with Gasteiger partial charge in [-0.05, 0) is 0 Å². The van der Waals surface area contributed by atoms with Gasteiger partial charge in [-0.2, -0.15) is 0 Å². The molecule has 1 aliphatic rings. The van der Waals surface area contributed by atoms with Crippen LogP contribution in [-0.4, -0.2) is 38.1 Å². The molecule has 101 valence electrons. The summed E-state index contributed by atoms with van der Waals surface area (Å²) in [6.45, 7) is 10.7. The monoisotopic (exact) mass is 281 g/mol. The molecule has 1 fully saturated rings. The van der Waals surface area contributed by atoms with E-state index in [1.165, 1.54) is 0 Å². The number of hydrogen-bond donors (Lipinski definition) is 0. The minimum atomic E-state index is -1.79. The zero-order chi connectivity index (χ0) is 12.7. The van der Waals surface area contributed by atoms with Crippen molar-refractivity contribution in [3.63, 3.8) is 0 Å². The van der Waals surface area contributed by atoms with E-state index in [9.17, 15) is 0 Å². The Morgan fingerprint density at radius 2 is 1.76 bits per heavy atom. The maximum absolute atomic E-state index is 5.87. The van der Waals surface area contributed by atoms with Crippen molar-refractivity contribution >= 4 is 0 Å². The first-order chi connectivity index (χ1) is 8.08. The first kappa shape index (κ1) is 15.6. The molecule has 5 heteroatoms. The normalized spacial score (nSPS) is 19.1. The molecule has 1 unspecified atom stereocenters. The molecule has 17 heavy (non-hydrogen) atoms. The summed E-state index contributed by atoms with van der Waals surface area (Å²) in [6.07, 6.45) is 1.93. The van der Waals surface area contributed by atoms with Crippen LogP contribution < -0.4 is 0 Å². The summed E-state index contributed by atoms with van der Waals surface area (Å²) in [4.78, 5) is 0. The van der Waals surface area contributed by atoms with Gasteiger partial charge in [-0.3, -0.25) is 0 Å². The van der Waals surface area contributed by atoms with Gasteiger partial charge in [0.15, 0.2) is 0 Å². The summed E-state index contributed by atoms with van der Waals surface area (Å²) in [5.74, 6) is 0. The predicted molar refractivity (Wildman–Crippen MR) is 62.4 cm³/mol. The molecule has 0 aromatic carbocycles. The van der Waals surface area contributed by atoms with Crippen LogP contribution in [0, 0.1) is 0 Å². The molecular weight excluding hydrogens is 256 g/mol. The Kier molecular flexibility index (Phi) is 7.92. The Balaban J connectivity index is 2.04. The Morgan fingerprint density at radius 3 is 2.24 bits per heavy atom. The Hall–Kier alpha value is 0.554. The average Bonchev–Trinajstić information content (AvgIpc) is 2.98. The van der Waals surface area contributed by atoms with Crippen molar-refractivity contribution in [2.24, 2.45) is 0 Å². The summed E-state index contributed by atoms with van der Waals surface area (Å²) < 4.78 is 23.4. The van der Waals surface area contributed by atoms with Crippen LogP contribution >= 0.6 is 0 Å². The van der Waals surface area contributed by atoms with Crippen molar-refractivity contribution in [1.29, 1.82) is 0 Å². The zero-order valence-electron chi connectivity index (χ0n) is 11.4. The summed E-state index contributed by atoms with van der Waals surface area (Å²) in [6, 6.07) is 0. The van der Waals surface area contributed by atoms with Gasteiger partial charge in [-0.1, -0.05) is 0 Å². The van der Waals surface area contributed by atoms with Crippen LogP contribution in [-0.2, 0) is 34.8 Å². The van der Waals surface area contributed by atoms with Crippen molar-refractivity contribution in [1.82, 2.24) is 0 Å². The Morgan fingerprint density at radius 1 is 1.18 bits per heavy atom. The average molecular weight is 281 g/mol. The number of rotatable bonds is 10. The van der Waals surface area contributed by atoms with Crippen molar-refractivity contribution in [2.45, 2.75) is 57.2 Å². The first-order valence-electron chi connectivity index (χ1n) is 6.46. The molecular formula is C12H25O4Ti. The number of ether oxygens (including phenoxy) is 2. The molecule has 0 spiro atoms. The van der Waals surface area contributed by atoms with Gasteiger partial charge < -0.3 is 0 Å². The molecule has 4 nitrogen and oxygen atoms in total. The topological polar surface area (TPSA) is 40.2 Å². The fourth-order valence-corrected chi connectivity index (χ4v) is 4.14. The van der Waals surface area contributed by atoms with Gasteiger partial charge in [0.25, 0.3) is 0 Å². The van der Waals surface area contributed by atoms with E-state index in [1.54, 1.807) is 0 Å². The van der Waals surface area contributed by atoms with Gasteiger partial charge in [0.2, 0.25) is 0 Å². The molecule has 1 aliphatic heterocycles. The van der Waals surface area contributed by atoms with Gasteiger partial charge >= 0.3 is 112 Å². The van der Waals surface area contributed by atoms with E-state index in [-0.39, 0.29) is 12.2 Å². The van der Waals surface area contributed by atoms with Crippen LogP contribution in [0.25, 0.3) is 0 Å². The van der Waals surface area contributed by atoms with Crippen molar-refractivity contribution in [3.8, 4) is 0 Å². The molecule has 0 radical (unpaired) electrons. The van der Waals surface area contributed by atoms with E-state index in [4.69, 9.17) is 16.1 Å². The molecule has 1 atom stereocenters. The fraction of sp³-hybridized carbons (Fsp3) is 1.00. The van der Waals surface area contributed by atoms with E-state index in [0.717, 1.165) is 31.0 Å². The van der Waals surface area contributed by atoms with E-state index in [0.29, 0.717) is 6.10 Å². The summed E-state index contributed by atoms with van der Waals surface area (Å²) >= 11 is -1.79. The second kappa shape index (κ2) is 8.62. The van der Waals surface area contributed by atoms with Crippen LogP contribution in [0.5, 0.6) is 0 Å². The van der Waals surface area contributed by atoms with Gasteiger partial charge in [-0.15, -0.1) is 0 Å². The third kappa shape index (κ3) is 9.17. The van der Waals surface area contributed by atoms with E-state index in [1.807, 2.05) is 0 Å². The molecule has 1 saturated heterocycles. The molecule has 1 rings (SSSR count). The van der Waals surface area contributed by atoms with Gasteiger partial charge in [0, 0.05) is 0 Å². The van der Waals surface area contributed by atoms with Gasteiger partial charge in [0.1, 0.15) is 0 Å². The summed E-state index contributed by atoms with van der Waals surface area (Å²) in [7, 11) is 0. The second-order valence-corrected chi connectivity index (χ2v) is 7.52. The molecule has 0 N–H and O–H groups in total. The SMILES string of the molecule is CC(C)[O][Ti]([CH2]CCOCC1CO1)[O]C(C)C. The first-order valence-corrected chi connectivity index (χ1v) is 8.84. The third-order valence-electron chi connectivity index (χ3n) is 2.11. The van der Waals surface area contributed by atoms with Crippen molar-refractivity contribution < 1.29 is 34.8 Å². The summed E-state index contributed by atoms with van der Waals surface area (Å²) in [5.41, 5.74) is 0. The molecule has 1 heterocycles. The third-order valence-corrected chi connectivity index (χ3v) is 5.59. The van der Waals surface area contributed by atoms with Crippen LogP contribution in [0.1, 0.15) is 34.1 Å². The molecule has 0 aliphatic carbocycles. The van der Waals surface area contributed by atoms with Crippen molar-refractivity contribution in [3.05, 3.63) is 0 Å². The second-order valence-electron chi connectivity index (χ2n) is 4.84. The van der Waals surface area contributed by atoms with Crippen molar-refractivity contribution in [2.75, 3.05) is 19.8 Å². The van der Waals surface area contributed by atoms with Crippen LogP contribution in [0.15, 0.2) is 0 Å². The maximum atomic E-state index is 5.87. The zero-order valence-corrected chi connectivity index (χ0v) is 13.0. The van der Waals surface area contributed by atoms with Gasteiger partial charge in [0.05, 0.1) is 0 Å².